The normalized spacial score (nSPS) is 14.5. The van der Waals surface area contributed by atoms with E-state index in [-0.39, 0.29) is 5.91 Å². The Morgan fingerprint density at radius 3 is 2.52 bits per heavy atom. The van der Waals surface area contributed by atoms with Crippen molar-refractivity contribution >= 4 is 11.6 Å². The quantitative estimate of drug-likeness (QED) is 0.607. The van der Waals surface area contributed by atoms with Gasteiger partial charge in [0.25, 0.3) is 0 Å². The lowest BCUT2D eigenvalue weighted by molar-refractivity contribution is -0.121. The molecule has 6 heteroatoms. The van der Waals surface area contributed by atoms with Crippen LogP contribution in [0.15, 0.2) is 65.2 Å². The minimum atomic E-state index is 0.0398. The summed E-state index contributed by atoms with van der Waals surface area (Å²) >= 11 is 0. The van der Waals surface area contributed by atoms with E-state index in [1.807, 2.05) is 30.3 Å². The highest BCUT2D eigenvalue weighted by atomic mass is 16.4. The molecule has 1 saturated heterocycles. The molecule has 0 aliphatic carbocycles. The average molecular weight is 419 g/mol. The molecule has 0 unspecified atom stereocenters. The van der Waals surface area contributed by atoms with Crippen molar-refractivity contribution in [1.29, 1.82) is 0 Å². The summed E-state index contributed by atoms with van der Waals surface area (Å²) < 4.78 is 5.80. The second-order valence-corrected chi connectivity index (χ2v) is 8.00. The molecule has 2 heterocycles. The van der Waals surface area contributed by atoms with E-state index in [0.29, 0.717) is 25.3 Å². The van der Waals surface area contributed by atoms with Gasteiger partial charge in [-0.15, -0.1) is 0 Å². The first-order valence-corrected chi connectivity index (χ1v) is 11.0. The summed E-state index contributed by atoms with van der Waals surface area (Å²) in [4.78, 5) is 21.3. The van der Waals surface area contributed by atoms with E-state index >= 15 is 0 Å². The molecule has 0 spiro atoms. The number of piperazine rings is 1. The molecule has 162 valence electrons. The predicted octanol–water partition coefficient (Wildman–Crippen LogP) is 3.52. The summed E-state index contributed by atoms with van der Waals surface area (Å²) in [5.41, 5.74) is 3.49. The number of aryl methyl sites for hydroxylation is 2. The Hall–Kier alpha value is -3.12. The Labute approximate surface area is 183 Å². The summed E-state index contributed by atoms with van der Waals surface area (Å²) in [7, 11) is 0. The van der Waals surface area contributed by atoms with Gasteiger partial charge in [0.15, 0.2) is 11.7 Å². The van der Waals surface area contributed by atoms with Crippen LogP contribution in [0.4, 0.5) is 5.69 Å². The van der Waals surface area contributed by atoms with Crippen molar-refractivity contribution in [3.05, 3.63) is 72.2 Å². The Morgan fingerprint density at radius 1 is 1.03 bits per heavy atom. The third kappa shape index (κ3) is 5.95. The van der Waals surface area contributed by atoms with Crippen molar-refractivity contribution in [2.45, 2.75) is 19.8 Å². The Balaban J connectivity index is 1.13. The number of aromatic nitrogens is 1. The van der Waals surface area contributed by atoms with Crippen LogP contribution in [0, 0.1) is 6.92 Å². The molecule has 0 bridgehead atoms. The summed E-state index contributed by atoms with van der Waals surface area (Å²) in [6.45, 7) is 7.68. The Morgan fingerprint density at radius 2 is 1.77 bits per heavy atom. The maximum atomic E-state index is 12.2. The van der Waals surface area contributed by atoms with E-state index in [0.717, 1.165) is 44.0 Å². The maximum absolute atomic E-state index is 12.2. The minimum Gasteiger partial charge on any atom is -0.441 e. The summed E-state index contributed by atoms with van der Waals surface area (Å²) in [5.74, 6) is 1.38. The highest BCUT2D eigenvalue weighted by molar-refractivity contribution is 5.76. The topological polar surface area (TPSA) is 61.6 Å². The molecule has 0 atom stereocenters. The van der Waals surface area contributed by atoms with Gasteiger partial charge in [-0.2, -0.15) is 0 Å². The zero-order valence-electron chi connectivity index (χ0n) is 18.1. The number of anilines is 1. The molecule has 1 amide bonds. The highest BCUT2D eigenvalue weighted by Crippen LogP contribution is 2.21. The number of rotatable bonds is 8. The number of hydrogen-bond donors (Lipinski definition) is 1. The monoisotopic (exact) mass is 418 g/mol. The molecule has 1 aliphatic rings. The van der Waals surface area contributed by atoms with Crippen molar-refractivity contribution in [1.82, 2.24) is 15.2 Å². The molecule has 0 radical (unpaired) electrons. The number of nitrogens with one attached hydrogen (secondary N) is 1. The van der Waals surface area contributed by atoms with Crippen molar-refractivity contribution in [3.63, 3.8) is 0 Å². The van der Waals surface area contributed by atoms with Gasteiger partial charge in [-0.05, 0) is 19.1 Å². The van der Waals surface area contributed by atoms with Gasteiger partial charge in [0.05, 0.1) is 6.20 Å². The van der Waals surface area contributed by atoms with Gasteiger partial charge in [0, 0.05) is 63.4 Å². The SMILES string of the molecule is Cc1ccc(-c2cnc(CCC(=O)NCCN3CCN(c4ccccc4)CC3)o2)cc1. The maximum Gasteiger partial charge on any atom is 0.220 e. The fraction of sp³-hybridized carbons (Fsp3) is 0.360. The van der Waals surface area contributed by atoms with Crippen molar-refractivity contribution in [2.24, 2.45) is 0 Å². The number of nitrogens with zero attached hydrogens (tertiary/aromatic N) is 3. The van der Waals surface area contributed by atoms with Gasteiger partial charge in [0.1, 0.15) is 0 Å². The Bertz CT molecular complexity index is 961. The van der Waals surface area contributed by atoms with Crippen LogP contribution in [-0.4, -0.2) is 55.1 Å². The number of amides is 1. The molecule has 1 fully saturated rings. The molecular formula is C25H30N4O2. The van der Waals surface area contributed by atoms with E-state index in [4.69, 9.17) is 4.42 Å². The molecular weight excluding hydrogens is 388 g/mol. The van der Waals surface area contributed by atoms with Crippen molar-refractivity contribution in [3.8, 4) is 11.3 Å². The van der Waals surface area contributed by atoms with Crippen LogP contribution < -0.4 is 10.2 Å². The summed E-state index contributed by atoms with van der Waals surface area (Å²) in [5, 5.41) is 3.02. The van der Waals surface area contributed by atoms with Crippen LogP contribution in [0.25, 0.3) is 11.3 Å². The standard InChI is InChI=1S/C25H30N4O2/c1-20-7-9-21(10-8-20)23-19-27-25(31-23)12-11-24(30)26-13-14-28-15-17-29(18-16-28)22-5-3-2-4-6-22/h2-10,19H,11-18H2,1H3,(H,26,30). The smallest absolute Gasteiger partial charge is 0.220 e. The van der Waals surface area contributed by atoms with Crippen LogP contribution in [0.2, 0.25) is 0 Å². The third-order valence-electron chi connectivity index (χ3n) is 5.70. The van der Waals surface area contributed by atoms with Gasteiger partial charge >= 0.3 is 0 Å². The van der Waals surface area contributed by atoms with Crippen LogP contribution in [0.1, 0.15) is 17.9 Å². The number of para-hydroxylation sites is 1. The van der Waals surface area contributed by atoms with E-state index in [1.165, 1.54) is 11.3 Å². The third-order valence-corrected chi connectivity index (χ3v) is 5.70. The number of carbonyl (C=O) groups excluding carboxylic acids is 1. The number of hydrogen-bond acceptors (Lipinski definition) is 5. The number of oxazole rings is 1. The fourth-order valence-electron chi connectivity index (χ4n) is 3.81. The van der Waals surface area contributed by atoms with Crippen molar-refractivity contribution < 1.29 is 9.21 Å². The molecule has 1 aliphatic heterocycles. The molecule has 1 aromatic heterocycles. The predicted molar refractivity (Wildman–Crippen MR) is 123 cm³/mol. The lowest BCUT2D eigenvalue weighted by atomic mass is 10.1. The lowest BCUT2D eigenvalue weighted by Gasteiger charge is -2.36. The van der Waals surface area contributed by atoms with Crippen LogP contribution in [0.5, 0.6) is 0 Å². The molecule has 3 aromatic rings. The van der Waals surface area contributed by atoms with Gasteiger partial charge in [-0.1, -0.05) is 48.0 Å². The molecule has 31 heavy (non-hydrogen) atoms. The molecule has 4 rings (SSSR count). The molecule has 0 saturated carbocycles. The first kappa shape index (κ1) is 21.1. The largest absolute Gasteiger partial charge is 0.441 e. The van der Waals surface area contributed by atoms with Gasteiger partial charge in [-0.3, -0.25) is 9.69 Å². The van der Waals surface area contributed by atoms with Crippen LogP contribution in [0.3, 0.4) is 0 Å². The first-order chi connectivity index (χ1) is 15.2. The average Bonchev–Trinajstić information content (AvgIpc) is 3.28. The van der Waals surface area contributed by atoms with Gasteiger partial charge < -0.3 is 14.6 Å². The second-order valence-electron chi connectivity index (χ2n) is 8.00. The fourth-order valence-corrected chi connectivity index (χ4v) is 3.81. The van der Waals surface area contributed by atoms with Crippen molar-refractivity contribution in [2.75, 3.05) is 44.2 Å². The highest BCUT2D eigenvalue weighted by Gasteiger charge is 2.17. The van der Waals surface area contributed by atoms with Crippen LogP contribution in [-0.2, 0) is 11.2 Å². The lowest BCUT2D eigenvalue weighted by Crippen LogP contribution is -2.48. The first-order valence-electron chi connectivity index (χ1n) is 11.0. The number of carbonyl (C=O) groups is 1. The van der Waals surface area contributed by atoms with E-state index in [1.54, 1.807) is 6.20 Å². The zero-order valence-corrected chi connectivity index (χ0v) is 18.1. The van der Waals surface area contributed by atoms with E-state index < -0.39 is 0 Å². The summed E-state index contributed by atoms with van der Waals surface area (Å²) in [6, 6.07) is 18.7. The van der Waals surface area contributed by atoms with E-state index in [2.05, 4.69) is 51.3 Å². The summed E-state index contributed by atoms with van der Waals surface area (Å²) in [6.07, 6.45) is 2.62. The number of benzene rings is 2. The van der Waals surface area contributed by atoms with E-state index in [9.17, 15) is 4.79 Å². The van der Waals surface area contributed by atoms with Gasteiger partial charge in [-0.25, -0.2) is 4.98 Å². The molecule has 2 aromatic carbocycles. The Kier molecular flexibility index (Phi) is 6.99. The minimum absolute atomic E-state index is 0.0398. The zero-order chi connectivity index (χ0) is 21.5. The molecule has 6 nitrogen and oxygen atoms in total. The molecule has 1 N–H and O–H groups in total. The van der Waals surface area contributed by atoms with Gasteiger partial charge in [0.2, 0.25) is 5.91 Å². The second kappa shape index (κ2) is 10.3. The van der Waals surface area contributed by atoms with Crippen LogP contribution >= 0.6 is 0 Å².